The molecule has 0 radical (unpaired) electrons. The molecule has 1 fully saturated rings. The van der Waals surface area contributed by atoms with Gasteiger partial charge in [-0.2, -0.15) is 0 Å². The van der Waals surface area contributed by atoms with Crippen LogP contribution in [0.1, 0.15) is 13.8 Å². The van der Waals surface area contributed by atoms with Crippen molar-refractivity contribution in [2.45, 2.75) is 13.8 Å². The highest BCUT2D eigenvalue weighted by Crippen LogP contribution is 2.16. The summed E-state index contributed by atoms with van der Waals surface area (Å²) in [5.74, 6) is 1.70. The number of guanidine groups is 1. The van der Waals surface area contributed by atoms with Crippen LogP contribution in [0.15, 0.2) is 29.3 Å². The first-order valence-electron chi connectivity index (χ1n) is 9.64. The van der Waals surface area contributed by atoms with Crippen molar-refractivity contribution < 1.29 is 9.53 Å². The van der Waals surface area contributed by atoms with E-state index >= 15 is 0 Å². The van der Waals surface area contributed by atoms with Crippen molar-refractivity contribution >= 4 is 47.4 Å². The average Bonchev–Trinajstić information content (AvgIpc) is 2.70. The minimum atomic E-state index is -0.495. The first kappa shape index (κ1) is 25.8. The van der Waals surface area contributed by atoms with Gasteiger partial charge in [0.05, 0.1) is 5.41 Å². The molecule has 2 rings (SSSR count). The molecule has 2 N–H and O–H groups in total. The average molecular weight is 538 g/mol. The molecule has 0 aromatic heterocycles. The van der Waals surface area contributed by atoms with Gasteiger partial charge in [0.2, 0.25) is 5.91 Å². The Morgan fingerprint density at radius 3 is 2.38 bits per heavy atom. The van der Waals surface area contributed by atoms with Gasteiger partial charge in [0.1, 0.15) is 12.4 Å². The maximum Gasteiger partial charge on any atom is 0.227 e. The number of hydrogen-bond acceptors (Lipinski definition) is 4. The van der Waals surface area contributed by atoms with Crippen LogP contribution < -0.4 is 15.4 Å². The lowest BCUT2D eigenvalue weighted by Crippen LogP contribution is -2.54. The molecule has 7 nitrogen and oxygen atoms in total. The summed E-state index contributed by atoms with van der Waals surface area (Å²) in [6.07, 6.45) is 0. The summed E-state index contributed by atoms with van der Waals surface area (Å²) in [4.78, 5) is 20.9. The van der Waals surface area contributed by atoms with Gasteiger partial charge in [0.25, 0.3) is 0 Å². The minimum absolute atomic E-state index is 0. The van der Waals surface area contributed by atoms with E-state index in [1.54, 1.807) is 14.1 Å². The minimum Gasteiger partial charge on any atom is -0.492 e. The Morgan fingerprint density at radius 1 is 1.21 bits per heavy atom. The number of carbonyl (C=O) groups is 1. The molecule has 0 atom stereocenters. The molecule has 0 aliphatic carbocycles. The first-order valence-corrected chi connectivity index (χ1v) is 10.0. The zero-order chi connectivity index (χ0) is 20.6. The molecule has 0 unspecified atom stereocenters. The SMILES string of the molecule is CN=C(NCC(C)(C)C(=O)NC)N1CCN(CCOc2ccc(Cl)cc2)CC1.I. The van der Waals surface area contributed by atoms with Crippen molar-refractivity contribution in [3.63, 3.8) is 0 Å². The topological polar surface area (TPSA) is 69.2 Å². The Bertz CT molecular complexity index is 661. The highest BCUT2D eigenvalue weighted by atomic mass is 127. The van der Waals surface area contributed by atoms with Crippen molar-refractivity contribution in [3.8, 4) is 5.75 Å². The fourth-order valence-corrected chi connectivity index (χ4v) is 3.18. The van der Waals surface area contributed by atoms with Crippen molar-refractivity contribution in [2.24, 2.45) is 10.4 Å². The van der Waals surface area contributed by atoms with Gasteiger partial charge in [-0.3, -0.25) is 14.7 Å². The second kappa shape index (κ2) is 12.4. The molecule has 0 bridgehead atoms. The van der Waals surface area contributed by atoms with E-state index in [9.17, 15) is 4.79 Å². The number of rotatable bonds is 7. The summed E-state index contributed by atoms with van der Waals surface area (Å²) in [6, 6.07) is 7.44. The number of nitrogens with one attached hydrogen (secondary N) is 2. The predicted octanol–water partition coefficient (Wildman–Crippen LogP) is 2.30. The van der Waals surface area contributed by atoms with Gasteiger partial charge in [-0.15, -0.1) is 24.0 Å². The Balaban J connectivity index is 0.00000420. The van der Waals surface area contributed by atoms with E-state index in [0.717, 1.165) is 44.4 Å². The van der Waals surface area contributed by atoms with Gasteiger partial charge in [-0.25, -0.2) is 0 Å². The molecule has 29 heavy (non-hydrogen) atoms. The van der Waals surface area contributed by atoms with Crippen LogP contribution in [0.2, 0.25) is 5.02 Å². The predicted molar refractivity (Wildman–Crippen MR) is 130 cm³/mol. The van der Waals surface area contributed by atoms with Crippen molar-refractivity contribution in [1.29, 1.82) is 0 Å². The summed E-state index contributed by atoms with van der Waals surface area (Å²) in [6.45, 7) is 9.58. The summed E-state index contributed by atoms with van der Waals surface area (Å²) >= 11 is 5.89. The molecule has 1 saturated heterocycles. The fourth-order valence-electron chi connectivity index (χ4n) is 3.06. The number of nitrogens with zero attached hydrogens (tertiary/aromatic N) is 3. The molecular weight excluding hydrogens is 505 g/mol. The Kier molecular flexibility index (Phi) is 11.1. The zero-order valence-corrected chi connectivity index (χ0v) is 20.8. The quantitative estimate of drug-likeness (QED) is 0.317. The maximum absolute atomic E-state index is 11.9. The van der Waals surface area contributed by atoms with Gasteiger partial charge >= 0.3 is 0 Å². The molecule has 1 aliphatic heterocycles. The smallest absolute Gasteiger partial charge is 0.227 e. The van der Waals surface area contributed by atoms with Crippen LogP contribution in [0.4, 0.5) is 0 Å². The lowest BCUT2D eigenvalue weighted by Gasteiger charge is -2.37. The number of carbonyl (C=O) groups excluding carboxylic acids is 1. The Hall–Kier alpha value is -1.26. The Morgan fingerprint density at radius 2 is 1.83 bits per heavy atom. The summed E-state index contributed by atoms with van der Waals surface area (Å²) < 4.78 is 5.78. The van der Waals surface area contributed by atoms with Crippen LogP contribution in [-0.4, -0.2) is 81.6 Å². The molecule has 0 saturated carbocycles. The number of benzene rings is 1. The third-order valence-electron chi connectivity index (χ3n) is 4.90. The normalized spacial score (nSPS) is 15.5. The van der Waals surface area contributed by atoms with E-state index in [1.165, 1.54) is 0 Å². The standard InChI is InChI=1S/C20H32ClN5O2.HI/c1-20(2,18(27)22-3)15-24-19(23-4)26-11-9-25(10-12-26)13-14-28-17-7-5-16(21)6-8-17;/h5-8H,9-15H2,1-4H3,(H,22,27)(H,23,24);1H. The highest BCUT2D eigenvalue weighted by molar-refractivity contribution is 14.0. The van der Waals surface area contributed by atoms with Gasteiger partial charge in [0.15, 0.2) is 5.96 Å². The lowest BCUT2D eigenvalue weighted by molar-refractivity contribution is -0.128. The number of amides is 1. The largest absolute Gasteiger partial charge is 0.492 e. The van der Waals surface area contributed by atoms with Crippen molar-refractivity contribution in [2.75, 3.05) is 60.0 Å². The second-order valence-corrected chi connectivity index (χ2v) is 7.93. The molecule has 1 amide bonds. The number of hydrogen-bond donors (Lipinski definition) is 2. The van der Waals surface area contributed by atoms with Gasteiger partial charge < -0.3 is 20.3 Å². The molecular formula is C20H33ClIN5O2. The molecule has 0 spiro atoms. The van der Waals surface area contributed by atoms with Crippen LogP contribution in [0.5, 0.6) is 5.75 Å². The van der Waals surface area contributed by atoms with Gasteiger partial charge in [-0.1, -0.05) is 11.6 Å². The molecule has 9 heteroatoms. The van der Waals surface area contributed by atoms with Crippen LogP contribution in [0, 0.1) is 5.41 Å². The zero-order valence-electron chi connectivity index (χ0n) is 17.7. The molecule has 164 valence electrons. The number of aliphatic imine (C=N–C) groups is 1. The maximum atomic E-state index is 11.9. The second-order valence-electron chi connectivity index (χ2n) is 7.49. The van der Waals surface area contributed by atoms with E-state index in [-0.39, 0.29) is 29.9 Å². The monoisotopic (exact) mass is 537 g/mol. The number of ether oxygens (including phenoxy) is 1. The highest BCUT2D eigenvalue weighted by Gasteiger charge is 2.28. The third kappa shape index (κ3) is 8.18. The molecule has 1 aromatic rings. The summed E-state index contributed by atoms with van der Waals surface area (Å²) in [5.41, 5.74) is -0.495. The third-order valence-corrected chi connectivity index (χ3v) is 5.16. The van der Waals surface area contributed by atoms with Gasteiger partial charge in [-0.05, 0) is 38.1 Å². The number of piperazine rings is 1. The van der Waals surface area contributed by atoms with Crippen LogP contribution in [-0.2, 0) is 4.79 Å². The van der Waals surface area contributed by atoms with E-state index in [0.29, 0.717) is 18.2 Å². The van der Waals surface area contributed by atoms with Crippen LogP contribution in [0.3, 0.4) is 0 Å². The molecule has 1 heterocycles. The van der Waals surface area contributed by atoms with Gasteiger partial charge in [0, 0.05) is 58.4 Å². The van der Waals surface area contributed by atoms with Crippen LogP contribution in [0.25, 0.3) is 0 Å². The van der Waals surface area contributed by atoms with E-state index in [4.69, 9.17) is 16.3 Å². The Labute approximate surface area is 196 Å². The molecule has 1 aromatic carbocycles. The van der Waals surface area contributed by atoms with E-state index < -0.39 is 5.41 Å². The lowest BCUT2D eigenvalue weighted by atomic mass is 9.92. The summed E-state index contributed by atoms with van der Waals surface area (Å²) in [5, 5.41) is 6.76. The van der Waals surface area contributed by atoms with Crippen molar-refractivity contribution in [1.82, 2.24) is 20.4 Å². The van der Waals surface area contributed by atoms with E-state index in [2.05, 4.69) is 25.4 Å². The first-order chi connectivity index (χ1) is 13.4. The van der Waals surface area contributed by atoms with E-state index in [1.807, 2.05) is 38.1 Å². The van der Waals surface area contributed by atoms with Crippen LogP contribution >= 0.6 is 35.6 Å². The molecule has 1 aliphatic rings. The fraction of sp³-hybridized carbons (Fsp3) is 0.600. The number of halogens is 2. The summed E-state index contributed by atoms with van der Waals surface area (Å²) in [7, 11) is 3.44. The van der Waals surface area contributed by atoms with Crippen molar-refractivity contribution in [3.05, 3.63) is 29.3 Å².